The fraction of sp³-hybridized carbons (Fsp3) is 0.385. The van der Waals surface area contributed by atoms with E-state index in [0.717, 1.165) is 5.56 Å². The summed E-state index contributed by atoms with van der Waals surface area (Å²) in [5.74, 6) is -1.24. The normalized spacial score (nSPS) is 10.7. The molecule has 1 amide bonds. The highest BCUT2D eigenvalue weighted by atomic mass is 32.2. The summed E-state index contributed by atoms with van der Waals surface area (Å²) in [6.07, 6.45) is 0.440. The Morgan fingerprint density at radius 2 is 1.95 bits per heavy atom. The van der Waals surface area contributed by atoms with Gasteiger partial charge in [-0.05, 0) is 25.5 Å². The number of rotatable bonds is 6. The Balaban J connectivity index is 2.51. The minimum atomic E-state index is -3.44. The number of aryl methyl sites for hydroxylation is 1. The molecule has 0 saturated heterocycles. The van der Waals surface area contributed by atoms with Crippen molar-refractivity contribution >= 4 is 21.4 Å². The molecule has 0 unspecified atom stereocenters. The van der Waals surface area contributed by atoms with Crippen LogP contribution in [-0.4, -0.2) is 25.8 Å². The largest absolute Gasteiger partial charge is 0.325 e. The first-order chi connectivity index (χ1) is 8.93. The van der Waals surface area contributed by atoms with Crippen molar-refractivity contribution < 1.29 is 13.2 Å². The van der Waals surface area contributed by atoms with Crippen LogP contribution in [0.2, 0.25) is 0 Å². The highest BCUT2D eigenvalue weighted by Crippen LogP contribution is 2.09. The molecule has 6 heteroatoms. The van der Waals surface area contributed by atoms with E-state index in [1.807, 2.05) is 25.1 Å². The number of benzene rings is 1. The molecule has 1 aromatic rings. The van der Waals surface area contributed by atoms with E-state index < -0.39 is 21.5 Å². The van der Waals surface area contributed by atoms with Crippen molar-refractivity contribution in [2.75, 3.05) is 16.8 Å². The van der Waals surface area contributed by atoms with Gasteiger partial charge >= 0.3 is 0 Å². The average molecular weight is 280 g/mol. The number of anilines is 1. The van der Waals surface area contributed by atoms with Crippen molar-refractivity contribution in [2.45, 2.75) is 19.8 Å². The van der Waals surface area contributed by atoms with Crippen LogP contribution >= 0.6 is 0 Å². The molecule has 1 N–H and O–H groups in total. The molecule has 0 aliphatic heterocycles. The highest BCUT2D eigenvalue weighted by Gasteiger charge is 2.16. The second-order valence-electron chi connectivity index (χ2n) is 4.27. The summed E-state index contributed by atoms with van der Waals surface area (Å²) in [5.41, 5.74) is 1.63. The van der Waals surface area contributed by atoms with Crippen LogP contribution in [-0.2, 0) is 14.6 Å². The first kappa shape index (κ1) is 15.2. The summed E-state index contributed by atoms with van der Waals surface area (Å²) < 4.78 is 23.2. The van der Waals surface area contributed by atoms with Gasteiger partial charge in [0.15, 0.2) is 9.84 Å². The molecular weight excluding hydrogens is 264 g/mol. The second kappa shape index (κ2) is 6.90. The van der Waals surface area contributed by atoms with Gasteiger partial charge in [0.1, 0.15) is 5.75 Å². The van der Waals surface area contributed by atoms with E-state index in [4.69, 9.17) is 5.26 Å². The van der Waals surface area contributed by atoms with Crippen LogP contribution in [0.15, 0.2) is 24.3 Å². The molecule has 0 aliphatic rings. The average Bonchev–Trinajstić information content (AvgIpc) is 2.31. The number of nitrogens with one attached hydrogen (secondary N) is 1. The fourth-order valence-electron chi connectivity index (χ4n) is 1.48. The molecule has 0 radical (unpaired) electrons. The van der Waals surface area contributed by atoms with Crippen molar-refractivity contribution in [3.63, 3.8) is 0 Å². The lowest BCUT2D eigenvalue weighted by Gasteiger charge is -2.06. The molecule has 0 fully saturated rings. The minimum Gasteiger partial charge on any atom is -0.325 e. The first-order valence-electron chi connectivity index (χ1n) is 5.87. The van der Waals surface area contributed by atoms with Crippen LogP contribution in [0.5, 0.6) is 0 Å². The van der Waals surface area contributed by atoms with Crippen LogP contribution in [0.3, 0.4) is 0 Å². The Bertz CT molecular complexity index is 571. The monoisotopic (exact) mass is 280 g/mol. The summed E-state index contributed by atoms with van der Waals surface area (Å²) in [4.78, 5) is 11.6. The summed E-state index contributed by atoms with van der Waals surface area (Å²) in [6.45, 7) is 1.92. The van der Waals surface area contributed by atoms with E-state index in [1.165, 1.54) is 0 Å². The molecule has 0 aliphatic carbocycles. The molecule has 0 aromatic heterocycles. The molecular formula is C13H16N2O3S. The van der Waals surface area contributed by atoms with Crippen LogP contribution in [0.4, 0.5) is 5.69 Å². The molecule has 1 rings (SSSR count). The van der Waals surface area contributed by atoms with Crippen molar-refractivity contribution in [1.29, 1.82) is 5.26 Å². The molecule has 0 saturated carbocycles. The zero-order chi connectivity index (χ0) is 14.3. The summed E-state index contributed by atoms with van der Waals surface area (Å²) in [7, 11) is -3.44. The van der Waals surface area contributed by atoms with E-state index in [1.54, 1.807) is 12.1 Å². The number of sulfone groups is 1. The maximum atomic E-state index is 11.6. The predicted octanol–water partition coefficient (Wildman–Crippen LogP) is 1.65. The quantitative estimate of drug-likeness (QED) is 0.803. The van der Waals surface area contributed by atoms with E-state index in [0.29, 0.717) is 5.69 Å². The van der Waals surface area contributed by atoms with Crippen LogP contribution in [0, 0.1) is 18.3 Å². The summed E-state index contributed by atoms with van der Waals surface area (Å²) in [6, 6.07) is 8.97. The van der Waals surface area contributed by atoms with Crippen LogP contribution in [0.1, 0.15) is 18.4 Å². The van der Waals surface area contributed by atoms with Crippen molar-refractivity contribution in [2.24, 2.45) is 0 Å². The number of hydrogen-bond acceptors (Lipinski definition) is 4. The molecule has 0 bridgehead atoms. The third-order valence-electron chi connectivity index (χ3n) is 2.43. The van der Waals surface area contributed by atoms with Gasteiger partial charge in [0, 0.05) is 12.1 Å². The zero-order valence-corrected chi connectivity index (χ0v) is 11.5. The van der Waals surface area contributed by atoms with Gasteiger partial charge in [0.2, 0.25) is 5.91 Å². The van der Waals surface area contributed by atoms with Gasteiger partial charge in [0.25, 0.3) is 0 Å². The minimum absolute atomic E-state index is 0.137. The van der Waals surface area contributed by atoms with Gasteiger partial charge in [-0.2, -0.15) is 5.26 Å². The number of carbonyl (C=O) groups is 1. The van der Waals surface area contributed by atoms with E-state index in [9.17, 15) is 13.2 Å². The molecule has 1 aromatic carbocycles. The topological polar surface area (TPSA) is 87.0 Å². The maximum Gasteiger partial charge on any atom is 0.239 e. The molecule has 0 heterocycles. The predicted molar refractivity (Wildman–Crippen MR) is 73.3 cm³/mol. The third kappa shape index (κ3) is 6.02. The third-order valence-corrected chi connectivity index (χ3v) is 4.04. The maximum absolute atomic E-state index is 11.6. The van der Waals surface area contributed by atoms with Gasteiger partial charge < -0.3 is 5.32 Å². The Kier molecular flexibility index (Phi) is 5.52. The smallest absolute Gasteiger partial charge is 0.239 e. The van der Waals surface area contributed by atoms with Crippen molar-refractivity contribution in [3.05, 3.63) is 29.8 Å². The molecule has 19 heavy (non-hydrogen) atoms. The molecule has 0 spiro atoms. The van der Waals surface area contributed by atoms with E-state index in [2.05, 4.69) is 5.32 Å². The van der Waals surface area contributed by atoms with Gasteiger partial charge in [0.05, 0.1) is 11.8 Å². The zero-order valence-electron chi connectivity index (χ0n) is 10.7. The molecule has 5 nitrogen and oxygen atoms in total. The Morgan fingerprint density at radius 1 is 1.32 bits per heavy atom. The van der Waals surface area contributed by atoms with Crippen molar-refractivity contribution in [1.82, 2.24) is 0 Å². The lowest BCUT2D eigenvalue weighted by atomic mass is 10.2. The lowest BCUT2D eigenvalue weighted by molar-refractivity contribution is -0.113. The Hall–Kier alpha value is -1.87. The number of carbonyl (C=O) groups excluding carboxylic acids is 1. The number of amides is 1. The first-order valence-corrected chi connectivity index (χ1v) is 7.69. The van der Waals surface area contributed by atoms with Gasteiger partial charge in [-0.1, -0.05) is 17.7 Å². The SMILES string of the molecule is Cc1ccc(NC(=O)CS(=O)(=O)CCCC#N)cc1. The Morgan fingerprint density at radius 3 is 2.53 bits per heavy atom. The van der Waals surface area contributed by atoms with Crippen molar-refractivity contribution in [3.8, 4) is 6.07 Å². The standard InChI is InChI=1S/C13H16N2O3S/c1-11-4-6-12(7-5-11)15-13(16)10-19(17,18)9-3-2-8-14/h4-7H,2-3,9-10H2,1H3,(H,15,16). The fourth-order valence-corrected chi connectivity index (χ4v) is 2.68. The lowest BCUT2D eigenvalue weighted by Crippen LogP contribution is -2.24. The molecule has 0 atom stereocenters. The number of nitriles is 1. The van der Waals surface area contributed by atoms with E-state index >= 15 is 0 Å². The van der Waals surface area contributed by atoms with Gasteiger partial charge in [-0.15, -0.1) is 0 Å². The van der Waals surface area contributed by atoms with Crippen LogP contribution in [0.25, 0.3) is 0 Å². The molecule has 102 valence electrons. The number of unbranched alkanes of at least 4 members (excludes halogenated alkanes) is 1. The number of nitrogens with zero attached hydrogens (tertiary/aromatic N) is 1. The summed E-state index contributed by atoms with van der Waals surface area (Å²) >= 11 is 0. The second-order valence-corrected chi connectivity index (χ2v) is 6.45. The van der Waals surface area contributed by atoms with Crippen LogP contribution < -0.4 is 5.32 Å². The van der Waals surface area contributed by atoms with Gasteiger partial charge in [-0.25, -0.2) is 8.42 Å². The Labute approximate surface area is 113 Å². The summed E-state index contributed by atoms with van der Waals surface area (Å²) in [5, 5.41) is 10.9. The van der Waals surface area contributed by atoms with Gasteiger partial charge in [-0.3, -0.25) is 4.79 Å². The highest BCUT2D eigenvalue weighted by molar-refractivity contribution is 7.92. The van der Waals surface area contributed by atoms with E-state index in [-0.39, 0.29) is 18.6 Å². The number of hydrogen-bond donors (Lipinski definition) is 1.